The van der Waals surface area contributed by atoms with Crippen LogP contribution in [0.5, 0.6) is 5.75 Å². The van der Waals surface area contributed by atoms with Gasteiger partial charge in [0.2, 0.25) is 24.5 Å². The number of fused-ring (bicyclic) bond motifs is 2. The van der Waals surface area contributed by atoms with Gasteiger partial charge >= 0.3 is 24.1 Å². The molecule has 0 radical (unpaired) electrons. The maximum Gasteiger partial charge on any atom is 0.513 e. The molecule has 20 heteroatoms. The van der Waals surface area contributed by atoms with Crippen LogP contribution in [0.1, 0.15) is 59.6 Å². The minimum Gasteiger partial charge on any atom is -0.466 e. The lowest BCUT2D eigenvalue weighted by molar-refractivity contribution is -0.181. The molecule has 3 amide bonds. The van der Waals surface area contributed by atoms with Crippen molar-refractivity contribution in [2.75, 3.05) is 20.5 Å². The number of esters is 3. The highest BCUT2D eigenvalue weighted by atomic mass is 32.2. The molecule has 0 aromatic heterocycles. The van der Waals surface area contributed by atoms with E-state index in [1.54, 1.807) is 20.8 Å². The van der Waals surface area contributed by atoms with Crippen molar-refractivity contribution < 1.29 is 65.7 Å². The molecule has 53 heavy (non-hydrogen) atoms. The Hall–Kier alpha value is -4.85. The molecule has 288 valence electrons. The van der Waals surface area contributed by atoms with Crippen molar-refractivity contribution >= 4 is 63.4 Å². The molecule has 1 aromatic carbocycles. The molecule has 2 N–H and O–H groups in total. The summed E-state index contributed by atoms with van der Waals surface area (Å²) in [7, 11) is -2.66. The first-order chi connectivity index (χ1) is 24.8. The van der Waals surface area contributed by atoms with E-state index in [-0.39, 0.29) is 24.5 Å². The third-order valence-corrected chi connectivity index (χ3v) is 13.8. The average molecular weight is 781 g/mol. The number of nitrogens with zero attached hydrogens (tertiary/aromatic N) is 2. The van der Waals surface area contributed by atoms with Crippen LogP contribution in [0, 0.1) is 0 Å². The number of β-lactam (4-membered cyclic amide) rings is 2. The Kier molecular flexibility index (Phi) is 10.8. The Morgan fingerprint density at radius 2 is 1.60 bits per heavy atom. The maximum absolute atomic E-state index is 13.8. The smallest absolute Gasteiger partial charge is 0.466 e. The molecule has 4 aliphatic heterocycles. The van der Waals surface area contributed by atoms with Gasteiger partial charge in [0.25, 0.3) is 0 Å². The van der Waals surface area contributed by atoms with Gasteiger partial charge in [0.05, 0.1) is 24.9 Å². The zero-order valence-corrected chi connectivity index (χ0v) is 31.5. The molecule has 6 atom stereocenters. The van der Waals surface area contributed by atoms with E-state index < -0.39 is 103 Å². The molecule has 4 fully saturated rings. The van der Waals surface area contributed by atoms with Gasteiger partial charge in [0, 0.05) is 16.5 Å². The lowest BCUT2D eigenvalue weighted by Gasteiger charge is -2.44. The highest BCUT2D eigenvalue weighted by molar-refractivity contribution is 8.01. The molecule has 0 saturated carbocycles. The van der Waals surface area contributed by atoms with Crippen LogP contribution in [0.4, 0.5) is 4.79 Å². The van der Waals surface area contributed by atoms with Crippen molar-refractivity contribution in [2.45, 2.75) is 92.4 Å². The van der Waals surface area contributed by atoms with Gasteiger partial charge < -0.3 is 44.1 Å². The van der Waals surface area contributed by atoms with Gasteiger partial charge in [-0.15, -0.1) is 11.8 Å². The Morgan fingerprint density at radius 3 is 2.19 bits per heavy atom. The molecule has 4 heterocycles. The molecule has 0 aliphatic carbocycles. The minimum atomic E-state index is -3.86. The molecule has 1 aromatic rings. The lowest BCUT2D eigenvalue weighted by atomic mass is 9.95. The fourth-order valence-corrected chi connectivity index (χ4v) is 10.4. The summed E-state index contributed by atoms with van der Waals surface area (Å²) in [6.45, 7) is 8.43. The van der Waals surface area contributed by atoms with E-state index >= 15 is 0 Å². The predicted molar refractivity (Wildman–Crippen MR) is 183 cm³/mol. The van der Waals surface area contributed by atoms with Crippen molar-refractivity contribution in [3.63, 3.8) is 0 Å². The van der Waals surface area contributed by atoms with Crippen molar-refractivity contribution in [3.05, 3.63) is 41.6 Å². The summed E-state index contributed by atoms with van der Waals surface area (Å²) in [6.07, 6.45) is -0.00322. The number of amides is 3. The van der Waals surface area contributed by atoms with Crippen LogP contribution in [-0.2, 0) is 57.6 Å². The number of ether oxygens (including phenoxy) is 5. The van der Waals surface area contributed by atoms with Crippen molar-refractivity contribution in [1.82, 2.24) is 20.4 Å². The van der Waals surface area contributed by atoms with E-state index in [2.05, 4.69) is 15.4 Å². The summed E-state index contributed by atoms with van der Waals surface area (Å²) in [5.74, 6) is -4.24. The van der Waals surface area contributed by atoms with Gasteiger partial charge in [-0.25, -0.2) is 27.6 Å². The fourth-order valence-electron chi connectivity index (χ4n) is 6.65. The minimum absolute atomic E-state index is 0.109. The molecule has 4 aliphatic rings. The van der Waals surface area contributed by atoms with Crippen LogP contribution in [0.2, 0.25) is 0 Å². The van der Waals surface area contributed by atoms with Gasteiger partial charge in [-0.1, -0.05) is 12.1 Å². The molecule has 18 nitrogen and oxygen atoms in total. The molecule has 1 unspecified atom stereocenters. The molecule has 0 spiro atoms. The monoisotopic (exact) mass is 780 g/mol. The van der Waals surface area contributed by atoms with Crippen LogP contribution in [0.3, 0.4) is 0 Å². The van der Waals surface area contributed by atoms with E-state index in [4.69, 9.17) is 18.9 Å². The number of allylic oxidation sites excluding steroid dienone is 1. The topological polar surface area (TPSA) is 230 Å². The number of rotatable bonds is 12. The zero-order valence-electron chi connectivity index (χ0n) is 29.9. The zero-order chi connectivity index (χ0) is 39.2. The first kappa shape index (κ1) is 39.4. The van der Waals surface area contributed by atoms with Gasteiger partial charge in [0.1, 0.15) is 40.7 Å². The number of hydrogen-bond donors (Lipinski definition) is 2. The first-order valence-corrected chi connectivity index (χ1v) is 18.8. The number of carbonyl (C=O) groups is 7. The highest BCUT2D eigenvalue weighted by Crippen LogP contribution is 2.51. The molecular formula is C33H40N4O14S2. The SMILES string of the molecule is CCOC(=O)Oc1ccc(C(NC(C)=CC(=O)OC)C(=O)N[C@@H]2C(=O)N3[C@@H]2SC(C)(C)[C@@H]3C(=O)OCOC(=O)[C@@H]2N3C(=O)C[C@H]3S(=O)(=O)C2(C)C)cc1. The quantitative estimate of drug-likeness (QED) is 0.0741. The highest BCUT2D eigenvalue weighted by Gasteiger charge is 2.68. The predicted octanol–water partition coefficient (Wildman–Crippen LogP) is 0.654. The van der Waals surface area contributed by atoms with E-state index in [1.807, 2.05) is 0 Å². The molecule has 0 bridgehead atoms. The number of carbonyl (C=O) groups excluding carboxylic acids is 7. The average Bonchev–Trinajstić information content (AvgIpc) is 3.41. The van der Waals surface area contributed by atoms with E-state index in [0.717, 1.165) is 11.0 Å². The Bertz CT molecular complexity index is 1860. The van der Waals surface area contributed by atoms with Gasteiger partial charge in [-0.2, -0.15) is 0 Å². The largest absolute Gasteiger partial charge is 0.513 e. The number of hydrogen-bond acceptors (Lipinski definition) is 16. The maximum atomic E-state index is 13.8. The lowest BCUT2D eigenvalue weighted by Crippen LogP contribution is -2.71. The molecular weight excluding hydrogens is 741 g/mol. The second kappa shape index (κ2) is 14.5. The van der Waals surface area contributed by atoms with Crippen LogP contribution in [0.25, 0.3) is 0 Å². The number of sulfone groups is 1. The van der Waals surface area contributed by atoms with Gasteiger partial charge in [-0.3, -0.25) is 14.4 Å². The second-order valence-corrected chi connectivity index (χ2v) is 18.0. The van der Waals surface area contributed by atoms with Crippen LogP contribution in [-0.4, -0.2) is 119 Å². The summed E-state index contributed by atoms with van der Waals surface area (Å²) >= 11 is 1.24. The molecule has 5 rings (SSSR count). The number of methoxy groups -OCH3 is 1. The summed E-state index contributed by atoms with van der Waals surface area (Å²) in [5.41, 5.74) is 0.641. The summed E-state index contributed by atoms with van der Waals surface area (Å²) < 4.78 is 48.0. The number of nitrogens with one attached hydrogen (secondary N) is 2. The Balaban J connectivity index is 1.24. The molecule has 4 saturated heterocycles. The van der Waals surface area contributed by atoms with Crippen LogP contribution >= 0.6 is 11.8 Å². The Morgan fingerprint density at radius 1 is 0.981 bits per heavy atom. The summed E-state index contributed by atoms with van der Waals surface area (Å²) in [6, 6.07) is 1.11. The van der Waals surface area contributed by atoms with Crippen molar-refractivity contribution in [3.8, 4) is 5.75 Å². The van der Waals surface area contributed by atoms with Crippen LogP contribution < -0.4 is 15.4 Å². The van der Waals surface area contributed by atoms with E-state index in [0.29, 0.717) is 5.56 Å². The normalized spacial score (nSPS) is 26.5. The van der Waals surface area contributed by atoms with Crippen LogP contribution in [0.15, 0.2) is 36.0 Å². The number of thioether (sulfide) groups is 1. The third-order valence-electron chi connectivity index (χ3n) is 9.41. The van der Waals surface area contributed by atoms with Gasteiger partial charge in [-0.05, 0) is 59.2 Å². The Labute approximate surface area is 309 Å². The van der Waals surface area contributed by atoms with Gasteiger partial charge in [0.15, 0.2) is 9.84 Å². The standard InChI is InChI=1S/C33H40N4O14S2/c1-8-48-31(44)51-18-11-9-17(10-12-18)22(34-16(2)13-21(39)47-7)26(40)35-23-27(41)37-24(32(3,4)52-28(23)37)29(42)49-15-50-30(43)25-33(5,6)53(45,46)20-14-19(38)36(20)25/h9-13,20,22-25,28,34H,8,14-15H2,1-7H3,(H,35,40)/t20-,22?,23-,24+,25+,28-/m1/s1. The fraction of sp³-hybridized carbons (Fsp3) is 0.545. The van der Waals surface area contributed by atoms with E-state index in [9.17, 15) is 42.0 Å². The first-order valence-electron chi connectivity index (χ1n) is 16.4. The van der Waals surface area contributed by atoms with Crippen molar-refractivity contribution in [2.24, 2.45) is 0 Å². The second-order valence-electron chi connectivity index (χ2n) is 13.6. The van der Waals surface area contributed by atoms with E-state index in [1.165, 1.54) is 68.8 Å². The third kappa shape index (κ3) is 7.12. The summed E-state index contributed by atoms with van der Waals surface area (Å²) in [4.78, 5) is 91.5. The summed E-state index contributed by atoms with van der Waals surface area (Å²) in [5, 5.41) is 3.86. The number of benzene rings is 1. The van der Waals surface area contributed by atoms with Crippen molar-refractivity contribution in [1.29, 1.82) is 0 Å².